The molecule has 1 N–H and O–H groups in total. The van der Waals surface area contributed by atoms with Gasteiger partial charge in [-0.25, -0.2) is 0 Å². The van der Waals surface area contributed by atoms with Crippen LogP contribution in [0.25, 0.3) is 0 Å². The molecule has 2 amide bonds. The van der Waals surface area contributed by atoms with Crippen LogP contribution in [-0.2, 0) is 20.5 Å². The second-order valence-corrected chi connectivity index (χ2v) is 5.29. The van der Waals surface area contributed by atoms with Crippen molar-refractivity contribution in [3.05, 3.63) is 29.8 Å². The van der Waals surface area contributed by atoms with Crippen molar-refractivity contribution in [1.82, 2.24) is 4.90 Å². The van der Waals surface area contributed by atoms with Crippen molar-refractivity contribution in [2.45, 2.75) is 25.1 Å². The molecule has 1 heterocycles. The average Bonchev–Trinajstić information content (AvgIpc) is 2.99. The van der Waals surface area contributed by atoms with Crippen LogP contribution in [0.4, 0.5) is 18.9 Å². The van der Waals surface area contributed by atoms with E-state index in [2.05, 4.69) is 5.32 Å². The molecule has 1 saturated heterocycles. The van der Waals surface area contributed by atoms with Gasteiger partial charge < -0.3 is 15.0 Å². The van der Waals surface area contributed by atoms with Crippen molar-refractivity contribution in [1.29, 1.82) is 0 Å². The lowest BCUT2D eigenvalue weighted by Gasteiger charge is -2.20. The number of para-hydroxylation sites is 1. The molecule has 0 aromatic heterocycles. The second kappa shape index (κ2) is 6.99. The van der Waals surface area contributed by atoms with Crippen molar-refractivity contribution in [3.63, 3.8) is 0 Å². The molecule has 1 aromatic carbocycles. The van der Waals surface area contributed by atoms with Crippen LogP contribution < -0.4 is 5.32 Å². The van der Waals surface area contributed by atoms with Gasteiger partial charge in [-0.2, -0.15) is 13.2 Å². The van der Waals surface area contributed by atoms with Gasteiger partial charge in [0, 0.05) is 13.7 Å². The molecular formula is C15H17F3N2O3. The highest BCUT2D eigenvalue weighted by Gasteiger charge is 2.34. The molecule has 0 unspecified atom stereocenters. The lowest BCUT2D eigenvalue weighted by molar-refractivity contribution is -0.141. The average molecular weight is 330 g/mol. The van der Waals surface area contributed by atoms with E-state index in [1.54, 1.807) is 0 Å². The minimum Gasteiger partial charge on any atom is -0.368 e. The number of carbonyl (C=O) groups excluding carboxylic acids is 2. The van der Waals surface area contributed by atoms with Crippen molar-refractivity contribution in [3.8, 4) is 0 Å². The fourth-order valence-corrected chi connectivity index (χ4v) is 2.34. The van der Waals surface area contributed by atoms with E-state index in [4.69, 9.17) is 4.74 Å². The molecule has 1 aliphatic rings. The number of amides is 2. The number of hydrogen-bond acceptors (Lipinski definition) is 3. The van der Waals surface area contributed by atoms with Gasteiger partial charge in [0.1, 0.15) is 6.10 Å². The third-order valence-corrected chi connectivity index (χ3v) is 3.47. The molecule has 1 aromatic rings. The third-order valence-electron chi connectivity index (χ3n) is 3.47. The largest absolute Gasteiger partial charge is 0.418 e. The molecule has 0 aliphatic carbocycles. The van der Waals surface area contributed by atoms with Gasteiger partial charge in [0.15, 0.2) is 0 Å². The molecule has 1 atom stereocenters. The van der Waals surface area contributed by atoms with Gasteiger partial charge in [0.2, 0.25) is 5.91 Å². The van der Waals surface area contributed by atoms with E-state index in [1.807, 2.05) is 0 Å². The fraction of sp³-hybridized carbons (Fsp3) is 0.467. The van der Waals surface area contributed by atoms with Gasteiger partial charge in [0.25, 0.3) is 5.91 Å². The van der Waals surface area contributed by atoms with Crippen LogP contribution in [0.5, 0.6) is 0 Å². The van der Waals surface area contributed by atoms with Crippen LogP contribution in [0.2, 0.25) is 0 Å². The van der Waals surface area contributed by atoms with Gasteiger partial charge in [-0.3, -0.25) is 9.59 Å². The van der Waals surface area contributed by atoms with Gasteiger partial charge in [-0.05, 0) is 25.0 Å². The Labute approximate surface area is 131 Å². The van der Waals surface area contributed by atoms with Gasteiger partial charge in [0.05, 0.1) is 17.8 Å². The third kappa shape index (κ3) is 4.44. The van der Waals surface area contributed by atoms with E-state index >= 15 is 0 Å². The number of nitrogens with one attached hydrogen (secondary N) is 1. The van der Waals surface area contributed by atoms with Crippen LogP contribution in [0, 0.1) is 0 Å². The summed E-state index contributed by atoms with van der Waals surface area (Å²) in [6, 6.07) is 4.69. The maximum absolute atomic E-state index is 12.9. The molecule has 0 radical (unpaired) electrons. The molecule has 126 valence electrons. The predicted octanol–water partition coefficient (Wildman–Crippen LogP) is 2.28. The van der Waals surface area contributed by atoms with Crippen molar-refractivity contribution >= 4 is 17.5 Å². The Hall–Kier alpha value is -2.09. The number of hydrogen-bond donors (Lipinski definition) is 1. The summed E-state index contributed by atoms with van der Waals surface area (Å²) in [6.07, 6.45) is -3.78. The van der Waals surface area contributed by atoms with Gasteiger partial charge >= 0.3 is 6.18 Å². The Balaban J connectivity index is 1.98. The minimum absolute atomic E-state index is 0.331. The highest BCUT2D eigenvalue weighted by atomic mass is 19.4. The summed E-state index contributed by atoms with van der Waals surface area (Å²) in [5.41, 5.74) is -1.26. The number of nitrogens with zero attached hydrogens (tertiary/aromatic N) is 1. The highest BCUT2D eigenvalue weighted by molar-refractivity contribution is 5.95. The van der Waals surface area contributed by atoms with Crippen LogP contribution in [0.3, 0.4) is 0 Å². The molecule has 0 saturated carbocycles. The van der Waals surface area contributed by atoms with E-state index in [1.165, 1.54) is 25.2 Å². The quantitative estimate of drug-likeness (QED) is 0.921. The second-order valence-electron chi connectivity index (χ2n) is 5.29. The molecule has 5 nitrogen and oxygen atoms in total. The number of alkyl halides is 3. The van der Waals surface area contributed by atoms with Crippen molar-refractivity contribution in [2.75, 3.05) is 25.5 Å². The Bertz CT molecular complexity index is 584. The first-order valence-corrected chi connectivity index (χ1v) is 7.11. The zero-order chi connectivity index (χ0) is 17.0. The zero-order valence-corrected chi connectivity index (χ0v) is 12.5. The van der Waals surface area contributed by atoms with Gasteiger partial charge in [-0.1, -0.05) is 12.1 Å². The molecule has 1 aliphatic heterocycles. The van der Waals surface area contributed by atoms with Crippen molar-refractivity contribution < 1.29 is 27.5 Å². The number of ether oxygens (including phenoxy) is 1. The smallest absolute Gasteiger partial charge is 0.368 e. The molecular weight excluding hydrogens is 313 g/mol. The van der Waals surface area contributed by atoms with Crippen LogP contribution in [-0.4, -0.2) is 43.0 Å². The Morgan fingerprint density at radius 2 is 2.04 bits per heavy atom. The molecule has 1 fully saturated rings. The molecule has 8 heteroatoms. The lowest BCUT2D eigenvalue weighted by Crippen LogP contribution is -2.40. The maximum atomic E-state index is 12.9. The first-order valence-electron chi connectivity index (χ1n) is 7.11. The Morgan fingerprint density at radius 1 is 1.35 bits per heavy atom. The van der Waals surface area contributed by atoms with E-state index in [9.17, 15) is 22.8 Å². The summed E-state index contributed by atoms with van der Waals surface area (Å²) in [7, 11) is 1.42. The topological polar surface area (TPSA) is 58.6 Å². The first-order chi connectivity index (χ1) is 10.8. The number of likely N-dealkylation sites (N-methyl/N-ethyl adjacent to an activating group) is 1. The number of rotatable bonds is 4. The Morgan fingerprint density at radius 3 is 2.65 bits per heavy atom. The first kappa shape index (κ1) is 17.3. The SMILES string of the molecule is CN(CC(=O)Nc1ccccc1C(F)(F)F)C(=O)[C@H]1CCCO1. The van der Waals surface area contributed by atoms with E-state index < -0.39 is 23.8 Å². The number of anilines is 1. The summed E-state index contributed by atoms with van der Waals surface area (Å²) in [5.74, 6) is -1.04. The van der Waals surface area contributed by atoms with E-state index in [-0.39, 0.29) is 18.1 Å². The Kier molecular flexibility index (Phi) is 5.25. The monoisotopic (exact) mass is 330 g/mol. The predicted molar refractivity (Wildman–Crippen MR) is 76.7 cm³/mol. The maximum Gasteiger partial charge on any atom is 0.418 e. The molecule has 0 spiro atoms. The molecule has 2 rings (SSSR count). The van der Waals surface area contributed by atoms with Crippen LogP contribution in [0.1, 0.15) is 18.4 Å². The van der Waals surface area contributed by atoms with Gasteiger partial charge in [-0.15, -0.1) is 0 Å². The summed E-state index contributed by atoms with van der Waals surface area (Å²) in [6.45, 7) is 0.153. The normalized spacial score (nSPS) is 17.8. The summed E-state index contributed by atoms with van der Waals surface area (Å²) < 4.78 is 43.8. The molecule has 0 bridgehead atoms. The fourth-order valence-electron chi connectivity index (χ4n) is 2.34. The van der Waals surface area contributed by atoms with E-state index in [0.717, 1.165) is 17.4 Å². The minimum atomic E-state index is -4.57. The summed E-state index contributed by atoms with van der Waals surface area (Å²) in [5, 5.41) is 2.20. The van der Waals surface area contributed by atoms with Crippen LogP contribution >= 0.6 is 0 Å². The van der Waals surface area contributed by atoms with Crippen LogP contribution in [0.15, 0.2) is 24.3 Å². The lowest BCUT2D eigenvalue weighted by atomic mass is 10.1. The molecule has 23 heavy (non-hydrogen) atoms. The number of carbonyl (C=O) groups is 2. The number of benzene rings is 1. The standard InChI is InChI=1S/C15H17F3N2O3/c1-20(14(22)12-7-4-8-23-12)9-13(21)19-11-6-3-2-5-10(11)15(16,17)18/h2-3,5-6,12H,4,7-9H2,1H3,(H,19,21)/t12-/m1/s1. The summed E-state index contributed by atoms with van der Waals surface area (Å²) >= 11 is 0. The van der Waals surface area contributed by atoms with Crippen molar-refractivity contribution in [2.24, 2.45) is 0 Å². The van der Waals surface area contributed by atoms with E-state index in [0.29, 0.717) is 13.0 Å². The highest BCUT2D eigenvalue weighted by Crippen LogP contribution is 2.34. The zero-order valence-electron chi connectivity index (χ0n) is 12.5. The summed E-state index contributed by atoms with van der Waals surface area (Å²) in [4.78, 5) is 25.1. The number of halogens is 3.